The van der Waals surface area contributed by atoms with Crippen molar-refractivity contribution >= 4 is 49.6 Å². The van der Waals surface area contributed by atoms with Crippen molar-refractivity contribution in [2.45, 2.75) is 0 Å². The van der Waals surface area contributed by atoms with E-state index in [2.05, 4.69) is 31.9 Å². The van der Waals surface area contributed by atoms with E-state index in [1.807, 2.05) is 0 Å². The molecule has 0 atom stereocenters. The Kier molecular flexibility index (Phi) is 3.26. The average Bonchev–Trinajstić information content (AvgIpc) is 2.54. The van der Waals surface area contributed by atoms with E-state index in [9.17, 15) is 14.4 Å². The molecular weight excluding hydrogens is 354 g/mol. The summed E-state index contributed by atoms with van der Waals surface area (Å²) in [6, 6.07) is 8.16. The van der Waals surface area contributed by atoms with Crippen molar-refractivity contribution in [3.63, 3.8) is 0 Å². The summed E-state index contributed by atoms with van der Waals surface area (Å²) in [6.45, 7) is 0. The Morgan fingerprint density at radius 3 is 1.88 bits per heavy atom. The van der Waals surface area contributed by atoms with Crippen LogP contribution in [0.2, 0.25) is 0 Å². The van der Waals surface area contributed by atoms with E-state index in [4.69, 9.17) is 0 Å². The van der Waals surface area contributed by atoms with Crippen molar-refractivity contribution in [3.05, 3.63) is 44.9 Å². The fourth-order valence-electron chi connectivity index (χ4n) is 1.37. The molecule has 6 heteroatoms. The first-order valence-electron chi connectivity index (χ1n) is 4.57. The van der Waals surface area contributed by atoms with Gasteiger partial charge in [0.1, 0.15) is 8.96 Å². The Labute approximate surface area is 114 Å². The standard InChI is InChI=1S/C11H5Br2NO3/c12-7-8(13)11(17)14(10(7)16)9(15)6-4-2-1-3-5-6/h1-5H. The van der Waals surface area contributed by atoms with Gasteiger partial charge in [0.15, 0.2) is 0 Å². The van der Waals surface area contributed by atoms with Crippen molar-refractivity contribution in [3.8, 4) is 0 Å². The fraction of sp³-hybridized carbons (Fsp3) is 0. The van der Waals surface area contributed by atoms with E-state index in [1.54, 1.807) is 30.3 Å². The van der Waals surface area contributed by atoms with Gasteiger partial charge in [-0.15, -0.1) is 0 Å². The Morgan fingerprint density at radius 1 is 0.941 bits per heavy atom. The number of imide groups is 3. The van der Waals surface area contributed by atoms with Crippen molar-refractivity contribution in [2.24, 2.45) is 0 Å². The summed E-state index contributed by atoms with van der Waals surface area (Å²) in [5, 5.41) is 0. The second-order valence-electron chi connectivity index (χ2n) is 3.24. The zero-order chi connectivity index (χ0) is 12.6. The minimum Gasteiger partial charge on any atom is -0.268 e. The molecule has 0 N–H and O–H groups in total. The van der Waals surface area contributed by atoms with Crippen molar-refractivity contribution in [1.82, 2.24) is 4.90 Å². The van der Waals surface area contributed by atoms with Crippen LogP contribution in [0, 0.1) is 0 Å². The van der Waals surface area contributed by atoms with Gasteiger partial charge in [-0.25, -0.2) is 4.90 Å². The summed E-state index contributed by atoms with van der Waals surface area (Å²) in [5.74, 6) is -1.95. The number of carbonyl (C=O) groups excluding carboxylic acids is 3. The maximum absolute atomic E-state index is 12.0. The quantitative estimate of drug-likeness (QED) is 0.723. The highest BCUT2D eigenvalue weighted by Crippen LogP contribution is 2.30. The highest BCUT2D eigenvalue weighted by Gasteiger charge is 2.40. The average molecular weight is 359 g/mol. The third-order valence-corrected chi connectivity index (χ3v) is 4.20. The first-order valence-corrected chi connectivity index (χ1v) is 6.16. The van der Waals surface area contributed by atoms with Crippen LogP contribution >= 0.6 is 31.9 Å². The van der Waals surface area contributed by atoms with Gasteiger partial charge in [0, 0.05) is 5.56 Å². The predicted molar refractivity (Wildman–Crippen MR) is 67.5 cm³/mol. The maximum atomic E-state index is 12.0. The van der Waals surface area contributed by atoms with E-state index in [-0.39, 0.29) is 14.5 Å². The van der Waals surface area contributed by atoms with E-state index in [1.165, 1.54) is 0 Å². The number of rotatable bonds is 1. The Balaban J connectivity index is 2.36. The van der Waals surface area contributed by atoms with Crippen LogP contribution in [0.4, 0.5) is 0 Å². The first-order chi connectivity index (χ1) is 8.04. The van der Waals surface area contributed by atoms with Gasteiger partial charge in [0.25, 0.3) is 17.7 Å². The largest absolute Gasteiger partial charge is 0.276 e. The number of hydrogen-bond donors (Lipinski definition) is 0. The molecule has 0 spiro atoms. The van der Waals surface area contributed by atoms with Crippen molar-refractivity contribution < 1.29 is 14.4 Å². The summed E-state index contributed by atoms with van der Waals surface area (Å²) in [6.07, 6.45) is 0. The van der Waals surface area contributed by atoms with Crippen molar-refractivity contribution in [1.29, 1.82) is 0 Å². The minimum atomic E-state index is -0.657. The third-order valence-electron chi connectivity index (χ3n) is 2.20. The molecule has 0 saturated heterocycles. The summed E-state index contributed by atoms with van der Waals surface area (Å²) in [5.41, 5.74) is 0.289. The molecule has 1 aliphatic rings. The minimum absolute atomic E-state index is 0.0618. The molecule has 0 fully saturated rings. The normalized spacial score (nSPS) is 15.8. The van der Waals surface area contributed by atoms with Crippen LogP contribution in [0.5, 0.6) is 0 Å². The molecule has 0 bridgehead atoms. The summed E-state index contributed by atoms with van der Waals surface area (Å²) in [4.78, 5) is 36.0. The zero-order valence-electron chi connectivity index (χ0n) is 8.31. The molecule has 1 aromatic carbocycles. The first kappa shape index (κ1) is 12.2. The predicted octanol–water partition coefficient (Wildman–Crippen LogP) is 2.20. The zero-order valence-corrected chi connectivity index (χ0v) is 11.5. The summed E-state index contributed by atoms with van der Waals surface area (Å²) >= 11 is 5.92. The van der Waals surface area contributed by atoms with Gasteiger partial charge in [0.2, 0.25) is 0 Å². The molecule has 0 unspecified atom stereocenters. The van der Waals surface area contributed by atoms with Gasteiger partial charge < -0.3 is 0 Å². The van der Waals surface area contributed by atoms with Gasteiger partial charge in [-0.1, -0.05) is 18.2 Å². The lowest BCUT2D eigenvalue weighted by atomic mass is 10.2. The SMILES string of the molecule is O=C1C(Br)=C(Br)C(=O)N1C(=O)c1ccccc1. The van der Waals surface area contributed by atoms with Crippen LogP contribution in [0.25, 0.3) is 0 Å². The second kappa shape index (κ2) is 4.54. The van der Waals surface area contributed by atoms with Gasteiger partial charge in [-0.2, -0.15) is 0 Å². The number of benzene rings is 1. The molecule has 17 heavy (non-hydrogen) atoms. The van der Waals surface area contributed by atoms with Crippen LogP contribution in [0.1, 0.15) is 10.4 Å². The second-order valence-corrected chi connectivity index (χ2v) is 4.83. The van der Waals surface area contributed by atoms with E-state index < -0.39 is 17.7 Å². The highest BCUT2D eigenvalue weighted by atomic mass is 79.9. The number of halogens is 2. The topological polar surface area (TPSA) is 54.5 Å². The molecule has 0 aliphatic carbocycles. The van der Waals surface area contributed by atoms with Crippen LogP contribution in [-0.4, -0.2) is 22.6 Å². The molecule has 2 rings (SSSR count). The summed E-state index contributed by atoms with van der Waals surface area (Å²) < 4.78 is 0.124. The molecule has 1 heterocycles. The van der Waals surface area contributed by atoms with Crippen LogP contribution in [0.15, 0.2) is 39.3 Å². The number of carbonyl (C=O) groups is 3. The lowest BCUT2D eigenvalue weighted by molar-refractivity contribution is -0.133. The number of amides is 3. The molecule has 1 aromatic rings. The molecule has 0 radical (unpaired) electrons. The van der Waals surface area contributed by atoms with Gasteiger partial charge >= 0.3 is 0 Å². The monoisotopic (exact) mass is 357 g/mol. The molecule has 0 aromatic heterocycles. The molecular formula is C11H5Br2NO3. The smallest absolute Gasteiger partial charge is 0.268 e. The van der Waals surface area contributed by atoms with Crippen LogP contribution < -0.4 is 0 Å². The lowest BCUT2D eigenvalue weighted by Crippen LogP contribution is -2.37. The number of hydrogen-bond acceptors (Lipinski definition) is 3. The lowest BCUT2D eigenvalue weighted by Gasteiger charge is -2.11. The van der Waals surface area contributed by atoms with E-state index in [0.29, 0.717) is 4.90 Å². The molecule has 0 saturated carbocycles. The van der Waals surface area contributed by atoms with Gasteiger partial charge in [-0.05, 0) is 44.0 Å². The van der Waals surface area contributed by atoms with E-state index in [0.717, 1.165) is 0 Å². The Bertz CT molecular complexity index is 527. The molecule has 1 aliphatic heterocycles. The highest BCUT2D eigenvalue weighted by molar-refractivity contribution is 9.14. The third kappa shape index (κ3) is 1.98. The number of nitrogens with zero attached hydrogens (tertiary/aromatic N) is 1. The maximum Gasteiger partial charge on any atom is 0.276 e. The fourth-order valence-corrected chi connectivity index (χ4v) is 2.06. The molecule has 4 nitrogen and oxygen atoms in total. The summed E-state index contributed by atoms with van der Waals surface area (Å²) in [7, 11) is 0. The van der Waals surface area contributed by atoms with Crippen molar-refractivity contribution in [2.75, 3.05) is 0 Å². The van der Waals surface area contributed by atoms with Gasteiger partial charge in [-0.3, -0.25) is 14.4 Å². The van der Waals surface area contributed by atoms with Gasteiger partial charge in [0.05, 0.1) is 0 Å². The van der Waals surface area contributed by atoms with Crippen LogP contribution in [0.3, 0.4) is 0 Å². The van der Waals surface area contributed by atoms with E-state index >= 15 is 0 Å². The Morgan fingerprint density at radius 2 is 1.41 bits per heavy atom. The molecule has 86 valence electrons. The molecule has 3 amide bonds. The Hall–Kier alpha value is -1.27. The van der Waals surface area contributed by atoms with Crippen LogP contribution in [-0.2, 0) is 9.59 Å².